The van der Waals surface area contributed by atoms with Gasteiger partial charge in [0.05, 0.1) is 10.6 Å². The third-order valence-electron chi connectivity index (χ3n) is 3.04. The average Bonchev–Trinajstić information content (AvgIpc) is 2.41. The summed E-state index contributed by atoms with van der Waals surface area (Å²) in [5, 5.41) is 13.8. The molecule has 0 aliphatic carbocycles. The number of hydrogen-bond donors (Lipinski definition) is 1. The molecule has 0 radical (unpaired) electrons. The van der Waals surface area contributed by atoms with Crippen molar-refractivity contribution in [1.29, 1.82) is 0 Å². The van der Waals surface area contributed by atoms with Crippen molar-refractivity contribution < 1.29 is 9.72 Å². The zero-order valence-corrected chi connectivity index (χ0v) is 13.1. The van der Waals surface area contributed by atoms with Gasteiger partial charge < -0.3 is 5.32 Å². The van der Waals surface area contributed by atoms with Crippen molar-refractivity contribution in [3.63, 3.8) is 0 Å². The van der Waals surface area contributed by atoms with Crippen molar-refractivity contribution in [3.05, 3.63) is 67.7 Å². The van der Waals surface area contributed by atoms with Crippen LogP contribution in [0.1, 0.15) is 21.5 Å². The number of amides is 1. The highest BCUT2D eigenvalue weighted by Gasteiger charge is 2.22. The van der Waals surface area contributed by atoms with Crippen LogP contribution < -0.4 is 5.32 Å². The van der Waals surface area contributed by atoms with Crippen LogP contribution in [0.2, 0.25) is 0 Å². The number of anilines is 1. The van der Waals surface area contributed by atoms with E-state index in [2.05, 4.69) is 21.2 Å². The van der Waals surface area contributed by atoms with Gasteiger partial charge >= 0.3 is 0 Å². The van der Waals surface area contributed by atoms with Crippen molar-refractivity contribution in [2.75, 3.05) is 5.32 Å². The van der Waals surface area contributed by atoms with Crippen molar-refractivity contribution in [2.24, 2.45) is 0 Å². The van der Waals surface area contributed by atoms with Gasteiger partial charge in [-0.3, -0.25) is 14.9 Å². The molecule has 0 aliphatic rings. The molecule has 2 aromatic rings. The number of aryl methyl sites for hydroxylation is 2. The summed E-state index contributed by atoms with van der Waals surface area (Å²) in [6.45, 7) is 3.54. The second-order valence-electron chi connectivity index (χ2n) is 4.67. The normalized spacial score (nSPS) is 10.2. The molecule has 0 saturated heterocycles. The van der Waals surface area contributed by atoms with Crippen LogP contribution in [0.5, 0.6) is 0 Å². The van der Waals surface area contributed by atoms with E-state index < -0.39 is 10.8 Å². The zero-order chi connectivity index (χ0) is 15.6. The van der Waals surface area contributed by atoms with Gasteiger partial charge in [-0.05, 0) is 53.5 Å². The molecule has 0 heterocycles. The van der Waals surface area contributed by atoms with Gasteiger partial charge in [0.2, 0.25) is 0 Å². The number of carbonyl (C=O) groups is 1. The van der Waals surface area contributed by atoms with E-state index in [-0.39, 0.29) is 11.3 Å². The lowest BCUT2D eigenvalue weighted by molar-refractivity contribution is -0.385. The zero-order valence-electron chi connectivity index (χ0n) is 11.5. The lowest BCUT2D eigenvalue weighted by atomic mass is 10.1. The van der Waals surface area contributed by atoms with E-state index in [0.717, 1.165) is 10.0 Å². The van der Waals surface area contributed by atoms with E-state index in [0.29, 0.717) is 11.3 Å². The van der Waals surface area contributed by atoms with Gasteiger partial charge in [-0.1, -0.05) is 18.2 Å². The van der Waals surface area contributed by atoms with Crippen molar-refractivity contribution in [3.8, 4) is 0 Å². The van der Waals surface area contributed by atoms with Crippen molar-refractivity contribution in [2.45, 2.75) is 13.8 Å². The van der Waals surface area contributed by atoms with Crippen molar-refractivity contribution in [1.82, 2.24) is 0 Å². The summed E-state index contributed by atoms with van der Waals surface area (Å²) in [6, 6.07) is 10.1. The second kappa shape index (κ2) is 6.05. The molecule has 1 N–H and O–H groups in total. The minimum absolute atomic E-state index is 0.0486. The maximum Gasteiger partial charge on any atom is 0.285 e. The molecule has 0 fully saturated rings. The third kappa shape index (κ3) is 3.28. The molecule has 1 amide bonds. The predicted octanol–water partition coefficient (Wildman–Crippen LogP) is 4.23. The summed E-state index contributed by atoms with van der Waals surface area (Å²) in [7, 11) is 0. The number of hydrogen-bond acceptors (Lipinski definition) is 3. The SMILES string of the molecule is Cc1ccc(NC(=O)c2cccc(C)c2[N+](=O)[O-])c(Br)c1. The van der Waals surface area contributed by atoms with Gasteiger partial charge in [0.25, 0.3) is 11.6 Å². The molecule has 21 heavy (non-hydrogen) atoms. The summed E-state index contributed by atoms with van der Waals surface area (Å²) in [6.07, 6.45) is 0. The molecule has 0 spiro atoms. The molecule has 0 saturated carbocycles. The fourth-order valence-corrected chi connectivity index (χ4v) is 2.59. The predicted molar refractivity (Wildman–Crippen MR) is 84.7 cm³/mol. The van der Waals surface area contributed by atoms with Gasteiger partial charge in [-0.25, -0.2) is 0 Å². The first-order chi connectivity index (χ1) is 9.90. The molecular weight excluding hydrogens is 336 g/mol. The number of carbonyl (C=O) groups excluding carboxylic acids is 1. The van der Waals surface area contributed by atoms with Crippen LogP contribution in [0.25, 0.3) is 0 Å². The maximum atomic E-state index is 12.3. The Morgan fingerprint density at radius 2 is 1.95 bits per heavy atom. The molecule has 0 aliphatic heterocycles. The highest BCUT2D eigenvalue weighted by atomic mass is 79.9. The van der Waals surface area contributed by atoms with Gasteiger partial charge in [0, 0.05) is 10.0 Å². The highest BCUT2D eigenvalue weighted by molar-refractivity contribution is 9.10. The fraction of sp³-hybridized carbons (Fsp3) is 0.133. The van der Waals surface area contributed by atoms with E-state index in [4.69, 9.17) is 0 Å². The Labute approximate surface area is 130 Å². The standard InChI is InChI=1S/C15H13BrN2O3/c1-9-6-7-13(12(16)8-9)17-15(19)11-5-3-4-10(2)14(11)18(20)21/h3-8H,1-2H3,(H,17,19). The second-order valence-corrected chi connectivity index (χ2v) is 5.52. The van der Waals surface area contributed by atoms with E-state index in [1.807, 2.05) is 19.1 Å². The number of nitro benzene ring substituents is 1. The van der Waals surface area contributed by atoms with Crippen LogP contribution >= 0.6 is 15.9 Å². The lowest BCUT2D eigenvalue weighted by Crippen LogP contribution is -2.15. The smallest absolute Gasteiger partial charge is 0.285 e. The molecular formula is C15H13BrN2O3. The highest BCUT2D eigenvalue weighted by Crippen LogP contribution is 2.27. The van der Waals surface area contributed by atoms with Gasteiger partial charge in [-0.15, -0.1) is 0 Å². The summed E-state index contributed by atoms with van der Waals surface area (Å²) in [4.78, 5) is 22.9. The Bertz CT molecular complexity index is 729. The largest absolute Gasteiger partial charge is 0.321 e. The number of nitro groups is 1. The number of para-hydroxylation sites is 1. The van der Waals surface area contributed by atoms with Crippen LogP contribution in [0.15, 0.2) is 40.9 Å². The fourth-order valence-electron chi connectivity index (χ4n) is 2.00. The maximum absolute atomic E-state index is 12.3. The molecule has 0 bridgehead atoms. The quantitative estimate of drug-likeness (QED) is 0.666. The summed E-state index contributed by atoms with van der Waals surface area (Å²) < 4.78 is 0.728. The number of halogens is 1. The van der Waals surface area contributed by atoms with Gasteiger partial charge in [-0.2, -0.15) is 0 Å². The molecule has 0 aromatic heterocycles. The lowest BCUT2D eigenvalue weighted by Gasteiger charge is -2.09. The Kier molecular flexibility index (Phi) is 4.37. The Balaban J connectivity index is 2.37. The Morgan fingerprint density at radius 3 is 2.57 bits per heavy atom. The van der Waals surface area contributed by atoms with Gasteiger partial charge in [0.1, 0.15) is 5.56 Å². The number of nitrogens with one attached hydrogen (secondary N) is 1. The minimum Gasteiger partial charge on any atom is -0.321 e. The third-order valence-corrected chi connectivity index (χ3v) is 3.69. The average molecular weight is 349 g/mol. The number of nitrogens with zero attached hydrogens (tertiary/aromatic N) is 1. The summed E-state index contributed by atoms with van der Waals surface area (Å²) >= 11 is 3.36. The van der Waals surface area contributed by atoms with Crippen LogP contribution in [-0.4, -0.2) is 10.8 Å². The molecule has 108 valence electrons. The van der Waals surface area contributed by atoms with E-state index in [1.165, 1.54) is 6.07 Å². The van der Waals surface area contributed by atoms with E-state index in [1.54, 1.807) is 25.1 Å². The summed E-state index contributed by atoms with van der Waals surface area (Å²) in [5.74, 6) is -0.505. The molecule has 0 atom stereocenters. The van der Waals surface area contributed by atoms with Crippen LogP contribution in [-0.2, 0) is 0 Å². The molecule has 2 aromatic carbocycles. The van der Waals surface area contributed by atoms with Crippen LogP contribution in [0.4, 0.5) is 11.4 Å². The first-order valence-electron chi connectivity index (χ1n) is 6.21. The molecule has 6 heteroatoms. The number of rotatable bonds is 3. The topological polar surface area (TPSA) is 72.2 Å². The Hall–Kier alpha value is -2.21. The van der Waals surface area contributed by atoms with Crippen LogP contribution in [0.3, 0.4) is 0 Å². The van der Waals surface area contributed by atoms with Gasteiger partial charge in [0.15, 0.2) is 0 Å². The Morgan fingerprint density at radius 1 is 1.24 bits per heavy atom. The monoisotopic (exact) mass is 348 g/mol. The molecule has 0 unspecified atom stereocenters. The number of benzene rings is 2. The van der Waals surface area contributed by atoms with E-state index >= 15 is 0 Å². The minimum atomic E-state index is -0.533. The van der Waals surface area contributed by atoms with Crippen LogP contribution in [0, 0.1) is 24.0 Å². The molecule has 5 nitrogen and oxygen atoms in total. The van der Waals surface area contributed by atoms with E-state index in [9.17, 15) is 14.9 Å². The first-order valence-corrected chi connectivity index (χ1v) is 7.01. The summed E-state index contributed by atoms with van der Waals surface area (Å²) in [5.41, 5.74) is 1.95. The first kappa shape index (κ1) is 15.2. The van der Waals surface area contributed by atoms with Crippen molar-refractivity contribution >= 4 is 33.2 Å². The molecule has 2 rings (SSSR count).